The average molecular weight is 232 g/mol. The molecule has 4 N–H and O–H groups in total. The van der Waals surface area contributed by atoms with E-state index in [-0.39, 0.29) is 6.04 Å². The van der Waals surface area contributed by atoms with Crippen LogP contribution in [0.5, 0.6) is 0 Å². The topological polar surface area (TPSA) is 66.7 Å². The molecule has 0 aliphatic carbocycles. The molecule has 0 aliphatic rings. The molecule has 0 aliphatic heterocycles. The molecule has 4 heteroatoms. The summed E-state index contributed by atoms with van der Waals surface area (Å²) in [7, 11) is 0. The van der Waals surface area contributed by atoms with Crippen LogP contribution in [0.25, 0.3) is 11.0 Å². The molecule has 1 aromatic carbocycles. The summed E-state index contributed by atoms with van der Waals surface area (Å²) < 4.78 is 0. The molecule has 2 aromatic rings. The van der Waals surface area contributed by atoms with Crippen molar-refractivity contribution in [1.29, 1.82) is 0 Å². The Balaban J connectivity index is 1.78. The Morgan fingerprint density at radius 2 is 2.29 bits per heavy atom. The molecule has 0 radical (unpaired) electrons. The van der Waals surface area contributed by atoms with Crippen LogP contribution >= 0.6 is 0 Å². The van der Waals surface area contributed by atoms with Crippen LogP contribution in [0.3, 0.4) is 0 Å². The number of rotatable bonds is 6. The minimum atomic E-state index is 0.281. The molecule has 0 saturated carbocycles. The monoisotopic (exact) mass is 232 g/mol. The summed E-state index contributed by atoms with van der Waals surface area (Å²) in [6, 6.07) is 6.64. The predicted molar refractivity (Wildman–Crippen MR) is 70.9 cm³/mol. The molecule has 0 spiro atoms. The lowest BCUT2D eigenvalue weighted by Crippen LogP contribution is -2.25. The fourth-order valence-corrected chi connectivity index (χ4v) is 1.83. The molecule has 92 valence electrons. The van der Waals surface area contributed by atoms with Crippen molar-refractivity contribution in [3.8, 4) is 0 Å². The third kappa shape index (κ3) is 3.54. The lowest BCUT2D eigenvalue weighted by Gasteiger charge is -2.07. The van der Waals surface area contributed by atoms with Gasteiger partial charge in [0.15, 0.2) is 0 Å². The number of H-pyrrole nitrogens is 1. The van der Waals surface area contributed by atoms with Gasteiger partial charge in [0.1, 0.15) is 0 Å². The highest BCUT2D eigenvalue weighted by molar-refractivity contribution is 5.74. The van der Waals surface area contributed by atoms with Gasteiger partial charge >= 0.3 is 0 Å². The Kier molecular flexibility index (Phi) is 4.12. The molecule has 4 nitrogen and oxygen atoms in total. The van der Waals surface area contributed by atoms with E-state index >= 15 is 0 Å². The van der Waals surface area contributed by atoms with E-state index in [2.05, 4.69) is 33.5 Å². The maximum atomic E-state index is 5.69. The van der Waals surface area contributed by atoms with Crippen LogP contribution in [-0.2, 0) is 6.42 Å². The van der Waals surface area contributed by atoms with Crippen LogP contribution < -0.4 is 11.1 Å². The van der Waals surface area contributed by atoms with Gasteiger partial charge < -0.3 is 16.0 Å². The van der Waals surface area contributed by atoms with Crippen LogP contribution in [0.2, 0.25) is 0 Å². The van der Waals surface area contributed by atoms with Gasteiger partial charge in [-0.25, -0.2) is 4.98 Å². The van der Waals surface area contributed by atoms with Crippen LogP contribution in [0.4, 0.5) is 0 Å². The Labute approximate surface area is 102 Å². The number of benzene rings is 1. The summed E-state index contributed by atoms with van der Waals surface area (Å²) in [5, 5.41) is 3.40. The minimum absolute atomic E-state index is 0.281. The van der Waals surface area contributed by atoms with Gasteiger partial charge in [-0.2, -0.15) is 0 Å². The summed E-state index contributed by atoms with van der Waals surface area (Å²) in [4.78, 5) is 7.33. The molecule has 1 atom stereocenters. The first-order chi connectivity index (χ1) is 8.25. The van der Waals surface area contributed by atoms with Gasteiger partial charge in [0.2, 0.25) is 0 Å². The largest absolute Gasteiger partial charge is 0.345 e. The molecule has 1 aromatic heterocycles. The molecule has 0 saturated heterocycles. The van der Waals surface area contributed by atoms with Crippen LogP contribution in [0.1, 0.15) is 18.9 Å². The molecule has 1 heterocycles. The quantitative estimate of drug-likeness (QED) is 0.660. The second kappa shape index (κ2) is 5.80. The highest BCUT2D eigenvalue weighted by atomic mass is 14.9. The fourth-order valence-electron chi connectivity index (χ4n) is 1.83. The van der Waals surface area contributed by atoms with Crippen molar-refractivity contribution in [2.75, 3.05) is 13.1 Å². The van der Waals surface area contributed by atoms with E-state index in [4.69, 9.17) is 5.73 Å². The number of aromatic amines is 1. The summed E-state index contributed by atoms with van der Waals surface area (Å²) in [6.45, 7) is 4.02. The molecule has 2 rings (SSSR count). The number of imidazole rings is 1. The maximum absolute atomic E-state index is 5.69. The van der Waals surface area contributed by atoms with E-state index in [0.29, 0.717) is 0 Å². The van der Waals surface area contributed by atoms with Gasteiger partial charge in [-0.1, -0.05) is 6.07 Å². The molecular formula is C13H20N4. The Hall–Kier alpha value is -1.39. The van der Waals surface area contributed by atoms with E-state index in [1.165, 1.54) is 5.56 Å². The first kappa shape index (κ1) is 12.1. The Bertz CT molecular complexity index is 461. The van der Waals surface area contributed by atoms with Gasteiger partial charge in [-0.05, 0) is 50.6 Å². The van der Waals surface area contributed by atoms with Gasteiger partial charge in [0, 0.05) is 6.04 Å². The zero-order chi connectivity index (χ0) is 12.1. The first-order valence-corrected chi connectivity index (χ1v) is 6.14. The molecule has 1 unspecified atom stereocenters. The number of hydrogen-bond donors (Lipinski definition) is 3. The third-order valence-corrected chi connectivity index (χ3v) is 2.85. The average Bonchev–Trinajstić information content (AvgIpc) is 2.75. The van der Waals surface area contributed by atoms with E-state index in [1.807, 2.05) is 6.92 Å². The van der Waals surface area contributed by atoms with Gasteiger partial charge in [-0.3, -0.25) is 0 Å². The zero-order valence-corrected chi connectivity index (χ0v) is 10.2. The molecule has 17 heavy (non-hydrogen) atoms. The van der Waals surface area contributed by atoms with Crippen molar-refractivity contribution in [1.82, 2.24) is 15.3 Å². The SMILES string of the molecule is CC(N)CCNCCc1ccc2nc[nH]c2c1. The highest BCUT2D eigenvalue weighted by Gasteiger charge is 1.98. The van der Waals surface area contributed by atoms with Crippen LogP contribution in [-0.4, -0.2) is 29.1 Å². The summed E-state index contributed by atoms with van der Waals surface area (Å²) in [5.74, 6) is 0. The smallest absolute Gasteiger partial charge is 0.0931 e. The van der Waals surface area contributed by atoms with E-state index < -0.39 is 0 Å². The number of nitrogens with one attached hydrogen (secondary N) is 2. The van der Waals surface area contributed by atoms with Gasteiger partial charge in [0.25, 0.3) is 0 Å². The number of nitrogens with two attached hydrogens (primary N) is 1. The first-order valence-electron chi connectivity index (χ1n) is 6.14. The van der Waals surface area contributed by atoms with Crippen molar-refractivity contribution >= 4 is 11.0 Å². The van der Waals surface area contributed by atoms with Gasteiger partial charge in [0.05, 0.1) is 17.4 Å². The summed E-state index contributed by atoms with van der Waals surface area (Å²) in [5.41, 5.74) is 9.15. The number of hydrogen-bond acceptors (Lipinski definition) is 3. The summed E-state index contributed by atoms with van der Waals surface area (Å²) >= 11 is 0. The number of nitrogens with zero attached hydrogens (tertiary/aromatic N) is 1. The zero-order valence-electron chi connectivity index (χ0n) is 10.2. The molecule has 0 fully saturated rings. The predicted octanol–water partition coefficient (Wildman–Crippen LogP) is 1.43. The number of fused-ring (bicyclic) bond motifs is 1. The second-order valence-electron chi connectivity index (χ2n) is 4.52. The Morgan fingerprint density at radius 3 is 3.12 bits per heavy atom. The lowest BCUT2D eigenvalue weighted by atomic mass is 10.1. The maximum Gasteiger partial charge on any atom is 0.0931 e. The number of aromatic nitrogens is 2. The molecule has 0 amide bonds. The summed E-state index contributed by atoms with van der Waals surface area (Å²) in [6.07, 6.45) is 3.79. The molecular weight excluding hydrogens is 212 g/mol. The normalized spacial score (nSPS) is 13.1. The highest BCUT2D eigenvalue weighted by Crippen LogP contribution is 2.11. The Morgan fingerprint density at radius 1 is 1.41 bits per heavy atom. The van der Waals surface area contributed by atoms with Crippen molar-refractivity contribution < 1.29 is 0 Å². The van der Waals surface area contributed by atoms with E-state index in [1.54, 1.807) is 6.33 Å². The third-order valence-electron chi connectivity index (χ3n) is 2.85. The van der Waals surface area contributed by atoms with E-state index in [0.717, 1.165) is 37.0 Å². The lowest BCUT2D eigenvalue weighted by molar-refractivity contribution is 0.590. The minimum Gasteiger partial charge on any atom is -0.345 e. The standard InChI is InChI=1S/C13H20N4/c1-10(14)4-6-15-7-5-11-2-3-12-13(8-11)17-9-16-12/h2-3,8-10,15H,4-7,14H2,1H3,(H,16,17). The van der Waals surface area contributed by atoms with Gasteiger partial charge in [-0.15, -0.1) is 0 Å². The van der Waals surface area contributed by atoms with Crippen LogP contribution in [0.15, 0.2) is 24.5 Å². The van der Waals surface area contributed by atoms with E-state index in [9.17, 15) is 0 Å². The van der Waals surface area contributed by atoms with Crippen molar-refractivity contribution in [3.63, 3.8) is 0 Å². The van der Waals surface area contributed by atoms with Crippen molar-refractivity contribution in [2.24, 2.45) is 5.73 Å². The fraction of sp³-hybridized carbons (Fsp3) is 0.462. The van der Waals surface area contributed by atoms with Crippen LogP contribution in [0, 0.1) is 0 Å². The second-order valence-corrected chi connectivity index (χ2v) is 4.52. The van der Waals surface area contributed by atoms with Crippen molar-refractivity contribution in [3.05, 3.63) is 30.1 Å². The van der Waals surface area contributed by atoms with Crippen molar-refractivity contribution in [2.45, 2.75) is 25.8 Å². The molecule has 0 bridgehead atoms.